The van der Waals surface area contributed by atoms with Gasteiger partial charge in [0.15, 0.2) is 6.29 Å². The number of ether oxygens (including phenoxy) is 2. The van der Waals surface area contributed by atoms with Crippen LogP contribution in [0.4, 0.5) is 0 Å². The molecule has 0 aromatic heterocycles. The summed E-state index contributed by atoms with van der Waals surface area (Å²) in [6, 6.07) is 12.8. The van der Waals surface area contributed by atoms with E-state index in [1.807, 2.05) is 30.3 Å². The SMILES string of the molecule is COCCOc1ccccc1-c1ccc(Cl)cc1C=O. The van der Waals surface area contributed by atoms with Gasteiger partial charge in [-0.05, 0) is 23.8 Å². The van der Waals surface area contributed by atoms with Crippen LogP contribution in [0.2, 0.25) is 5.02 Å². The van der Waals surface area contributed by atoms with E-state index in [4.69, 9.17) is 21.1 Å². The van der Waals surface area contributed by atoms with Gasteiger partial charge in [0.2, 0.25) is 0 Å². The first kappa shape index (κ1) is 14.6. The number of benzene rings is 2. The van der Waals surface area contributed by atoms with Crippen LogP contribution in [0, 0.1) is 0 Å². The van der Waals surface area contributed by atoms with Gasteiger partial charge in [0.1, 0.15) is 12.4 Å². The van der Waals surface area contributed by atoms with Crippen LogP contribution in [0.15, 0.2) is 42.5 Å². The van der Waals surface area contributed by atoms with E-state index in [0.29, 0.717) is 23.8 Å². The molecule has 0 aliphatic heterocycles. The second-order valence-corrected chi connectivity index (χ2v) is 4.62. The van der Waals surface area contributed by atoms with Gasteiger partial charge < -0.3 is 9.47 Å². The Labute approximate surface area is 123 Å². The normalized spacial score (nSPS) is 10.3. The smallest absolute Gasteiger partial charge is 0.150 e. The van der Waals surface area contributed by atoms with Crippen molar-refractivity contribution in [2.24, 2.45) is 0 Å². The van der Waals surface area contributed by atoms with Gasteiger partial charge in [-0.2, -0.15) is 0 Å². The van der Waals surface area contributed by atoms with Crippen molar-refractivity contribution in [1.82, 2.24) is 0 Å². The summed E-state index contributed by atoms with van der Waals surface area (Å²) in [6.45, 7) is 0.965. The highest BCUT2D eigenvalue weighted by Crippen LogP contribution is 2.32. The summed E-state index contributed by atoms with van der Waals surface area (Å²) in [5.41, 5.74) is 2.21. The Morgan fingerprint density at radius 1 is 1.10 bits per heavy atom. The van der Waals surface area contributed by atoms with Crippen molar-refractivity contribution in [3.8, 4) is 16.9 Å². The Kier molecular flexibility index (Phi) is 5.16. The lowest BCUT2D eigenvalue weighted by molar-refractivity contribution is 0.112. The van der Waals surface area contributed by atoms with Gasteiger partial charge in [0, 0.05) is 23.3 Å². The van der Waals surface area contributed by atoms with E-state index in [0.717, 1.165) is 23.2 Å². The van der Waals surface area contributed by atoms with E-state index < -0.39 is 0 Å². The predicted molar refractivity (Wildman–Crippen MR) is 79.6 cm³/mol. The summed E-state index contributed by atoms with van der Waals surface area (Å²) < 4.78 is 10.7. The number of hydrogen-bond donors (Lipinski definition) is 0. The summed E-state index contributed by atoms with van der Waals surface area (Å²) >= 11 is 5.92. The van der Waals surface area contributed by atoms with Gasteiger partial charge in [-0.25, -0.2) is 0 Å². The summed E-state index contributed by atoms with van der Waals surface area (Å²) in [6.07, 6.45) is 0.799. The third kappa shape index (κ3) is 3.38. The van der Waals surface area contributed by atoms with Crippen molar-refractivity contribution >= 4 is 17.9 Å². The molecule has 2 aromatic rings. The van der Waals surface area contributed by atoms with Crippen molar-refractivity contribution in [3.63, 3.8) is 0 Å². The number of rotatable bonds is 6. The second kappa shape index (κ2) is 7.08. The highest BCUT2D eigenvalue weighted by atomic mass is 35.5. The first-order chi connectivity index (χ1) is 9.76. The molecule has 2 aromatic carbocycles. The first-order valence-corrected chi connectivity index (χ1v) is 6.60. The molecule has 0 atom stereocenters. The average Bonchev–Trinajstić information content (AvgIpc) is 2.48. The fourth-order valence-electron chi connectivity index (χ4n) is 1.93. The molecule has 0 aliphatic rings. The number of hydrogen-bond acceptors (Lipinski definition) is 3. The predicted octanol–water partition coefficient (Wildman–Crippen LogP) is 3.84. The molecule has 0 radical (unpaired) electrons. The molecule has 0 saturated carbocycles. The molecule has 0 fully saturated rings. The lowest BCUT2D eigenvalue weighted by Crippen LogP contribution is -2.05. The number of halogens is 1. The standard InChI is InChI=1S/C16H15ClO3/c1-19-8-9-20-16-5-3-2-4-15(16)14-7-6-13(17)10-12(14)11-18/h2-7,10-11H,8-9H2,1H3. The van der Waals surface area contributed by atoms with Crippen LogP contribution in [0.3, 0.4) is 0 Å². The van der Waals surface area contributed by atoms with E-state index in [9.17, 15) is 4.79 Å². The average molecular weight is 291 g/mol. The topological polar surface area (TPSA) is 35.5 Å². The molecular formula is C16H15ClO3. The van der Waals surface area contributed by atoms with Crippen molar-refractivity contribution in [2.75, 3.05) is 20.3 Å². The van der Waals surface area contributed by atoms with Gasteiger partial charge in [-0.1, -0.05) is 35.9 Å². The van der Waals surface area contributed by atoms with E-state index in [-0.39, 0.29) is 0 Å². The Morgan fingerprint density at radius 3 is 2.65 bits per heavy atom. The summed E-state index contributed by atoms with van der Waals surface area (Å²) in [5.74, 6) is 0.718. The zero-order valence-electron chi connectivity index (χ0n) is 11.1. The molecule has 0 amide bonds. The summed E-state index contributed by atoms with van der Waals surface area (Å²) in [4.78, 5) is 11.2. The third-order valence-electron chi connectivity index (χ3n) is 2.86. The minimum atomic E-state index is 0.456. The van der Waals surface area contributed by atoms with Crippen molar-refractivity contribution in [2.45, 2.75) is 0 Å². The Balaban J connectivity index is 2.39. The highest BCUT2D eigenvalue weighted by molar-refractivity contribution is 6.31. The van der Waals surface area contributed by atoms with Gasteiger partial charge in [0.25, 0.3) is 0 Å². The van der Waals surface area contributed by atoms with Gasteiger partial charge in [-0.3, -0.25) is 4.79 Å². The van der Waals surface area contributed by atoms with Crippen LogP contribution in [-0.2, 0) is 4.74 Å². The van der Waals surface area contributed by atoms with E-state index in [1.165, 1.54) is 0 Å². The Hall–Kier alpha value is -1.84. The highest BCUT2D eigenvalue weighted by Gasteiger charge is 2.10. The third-order valence-corrected chi connectivity index (χ3v) is 3.10. The maximum atomic E-state index is 11.2. The summed E-state index contributed by atoms with van der Waals surface area (Å²) in [7, 11) is 1.62. The molecule has 20 heavy (non-hydrogen) atoms. The van der Waals surface area contributed by atoms with Gasteiger partial charge in [-0.15, -0.1) is 0 Å². The van der Waals surface area contributed by atoms with Crippen LogP contribution in [0.25, 0.3) is 11.1 Å². The zero-order valence-corrected chi connectivity index (χ0v) is 11.9. The maximum Gasteiger partial charge on any atom is 0.150 e. The van der Waals surface area contributed by atoms with E-state index >= 15 is 0 Å². The van der Waals surface area contributed by atoms with Crippen LogP contribution < -0.4 is 4.74 Å². The summed E-state index contributed by atoms with van der Waals surface area (Å²) in [5, 5.41) is 0.536. The number of carbonyl (C=O) groups excluding carboxylic acids is 1. The molecule has 0 bridgehead atoms. The fourth-order valence-corrected chi connectivity index (χ4v) is 2.11. The molecule has 2 rings (SSSR count). The van der Waals surface area contributed by atoms with E-state index in [1.54, 1.807) is 19.2 Å². The van der Waals surface area contributed by atoms with Crippen LogP contribution in [0.1, 0.15) is 10.4 Å². The molecule has 3 nitrogen and oxygen atoms in total. The number of para-hydroxylation sites is 1. The molecule has 4 heteroatoms. The lowest BCUT2D eigenvalue weighted by atomic mass is 9.99. The molecule has 0 aliphatic carbocycles. The van der Waals surface area contributed by atoms with Crippen molar-refractivity contribution < 1.29 is 14.3 Å². The monoisotopic (exact) mass is 290 g/mol. The van der Waals surface area contributed by atoms with Crippen LogP contribution >= 0.6 is 11.6 Å². The number of methoxy groups -OCH3 is 1. The molecule has 0 spiro atoms. The van der Waals surface area contributed by atoms with Crippen LogP contribution in [0.5, 0.6) is 5.75 Å². The molecule has 0 saturated heterocycles. The molecule has 0 N–H and O–H groups in total. The number of carbonyl (C=O) groups is 1. The second-order valence-electron chi connectivity index (χ2n) is 4.19. The molecule has 0 unspecified atom stereocenters. The zero-order chi connectivity index (χ0) is 14.4. The van der Waals surface area contributed by atoms with Crippen molar-refractivity contribution in [1.29, 1.82) is 0 Å². The van der Waals surface area contributed by atoms with E-state index in [2.05, 4.69) is 0 Å². The Morgan fingerprint density at radius 2 is 1.90 bits per heavy atom. The molecule has 0 heterocycles. The largest absolute Gasteiger partial charge is 0.491 e. The fraction of sp³-hybridized carbons (Fsp3) is 0.188. The van der Waals surface area contributed by atoms with Gasteiger partial charge in [0.05, 0.1) is 6.61 Å². The van der Waals surface area contributed by atoms with Gasteiger partial charge >= 0.3 is 0 Å². The lowest BCUT2D eigenvalue weighted by Gasteiger charge is -2.13. The minimum Gasteiger partial charge on any atom is -0.491 e. The quantitative estimate of drug-likeness (QED) is 0.599. The molecule has 104 valence electrons. The minimum absolute atomic E-state index is 0.456. The molecular weight excluding hydrogens is 276 g/mol. The first-order valence-electron chi connectivity index (χ1n) is 6.22. The van der Waals surface area contributed by atoms with Crippen LogP contribution in [-0.4, -0.2) is 26.6 Å². The number of aldehydes is 1. The Bertz CT molecular complexity index is 596. The van der Waals surface area contributed by atoms with Crippen molar-refractivity contribution in [3.05, 3.63) is 53.1 Å². The maximum absolute atomic E-state index is 11.2.